The minimum atomic E-state index is -0.403. The number of hydrogen-bond acceptors (Lipinski definition) is 2. The van der Waals surface area contributed by atoms with Crippen LogP contribution in [0.5, 0.6) is 0 Å². The molecule has 1 aliphatic carbocycles. The van der Waals surface area contributed by atoms with Crippen molar-refractivity contribution < 1.29 is 9.53 Å². The average Bonchev–Trinajstić information content (AvgIpc) is 3.50. The largest absolute Gasteiger partial charge is 0.464 e. The summed E-state index contributed by atoms with van der Waals surface area (Å²) in [6, 6.07) is 0. The van der Waals surface area contributed by atoms with E-state index in [2.05, 4.69) is 52.8 Å². The number of methoxy groups -OCH3 is 1. The van der Waals surface area contributed by atoms with Gasteiger partial charge in [0.25, 0.3) is 0 Å². The lowest BCUT2D eigenvalue weighted by atomic mass is 9.95. The molecule has 1 unspecified atom stereocenters. The predicted octanol–water partition coefficient (Wildman–Crippen LogP) is 5.26. The van der Waals surface area contributed by atoms with Gasteiger partial charge < -0.3 is 19.7 Å². The smallest absolute Gasteiger partial charge is 0.355 e. The molecule has 0 saturated carbocycles. The Morgan fingerprint density at radius 3 is 2.41 bits per heavy atom. The number of H-pyrrole nitrogens is 3. The molecule has 5 nitrogen and oxygen atoms in total. The van der Waals surface area contributed by atoms with Crippen LogP contribution in [0.4, 0.5) is 0 Å². The number of fused-ring (bicyclic) bond motifs is 1. The molecule has 0 fully saturated rings. The second-order valence-corrected chi connectivity index (χ2v) is 7.27. The van der Waals surface area contributed by atoms with Crippen LogP contribution in [-0.2, 0) is 4.74 Å². The molecule has 0 radical (unpaired) electrons. The molecule has 0 saturated heterocycles. The van der Waals surface area contributed by atoms with E-state index in [1.54, 1.807) is 6.08 Å². The monoisotopic (exact) mass is 429 g/mol. The molecule has 32 heavy (non-hydrogen) atoms. The summed E-state index contributed by atoms with van der Waals surface area (Å²) in [7, 11) is 1.39. The number of rotatable bonds is 4. The lowest BCUT2D eigenvalue weighted by Crippen LogP contribution is -2.23. The van der Waals surface area contributed by atoms with E-state index >= 15 is 0 Å². The second-order valence-electron chi connectivity index (χ2n) is 7.27. The number of carbonyl (C=O) groups excluding carboxylic acids is 1. The summed E-state index contributed by atoms with van der Waals surface area (Å²) >= 11 is 0. The molecule has 3 N–H and O–H groups in total. The van der Waals surface area contributed by atoms with E-state index in [0.29, 0.717) is 11.6 Å². The van der Waals surface area contributed by atoms with Gasteiger partial charge in [0.15, 0.2) is 0 Å². The van der Waals surface area contributed by atoms with Gasteiger partial charge >= 0.3 is 5.97 Å². The third-order valence-corrected chi connectivity index (χ3v) is 5.44. The lowest BCUT2D eigenvalue weighted by molar-refractivity contribution is 0.0595. The van der Waals surface area contributed by atoms with Gasteiger partial charge in [0.05, 0.1) is 7.11 Å². The first-order valence-electron chi connectivity index (χ1n) is 10.9. The Morgan fingerprint density at radius 2 is 1.72 bits per heavy atom. The highest BCUT2D eigenvalue weighted by atomic mass is 16.5. The fourth-order valence-corrected chi connectivity index (χ4v) is 3.92. The number of aromatic amines is 3. The first-order valence-corrected chi connectivity index (χ1v) is 10.9. The standard InChI is InChI=1S/C25H25N3O2.C2H6/c1-5-7-16-18(12-26-21(16)6-2)20-14-28-24(25(29)30-4)23(20)19-13-27-22-11-9-15(3)8-10-17(19)22;1-2/h5-15,26-28H,1H2,2-4H3;1-2H3/b16-7-,21-6+;. The summed E-state index contributed by atoms with van der Waals surface area (Å²) < 4.78 is 5.06. The van der Waals surface area contributed by atoms with Gasteiger partial charge in [-0.05, 0) is 18.9 Å². The highest BCUT2D eigenvalue weighted by Gasteiger charge is 2.25. The van der Waals surface area contributed by atoms with Crippen LogP contribution in [0.1, 0.15) is 49.4 Å². The number of esters is 1. The molecule has 5 heteroatoms. The number of nitrogens with one attached hydrogen (secondary N) is 3. The van der Waals surface area contributed by atoms with E-state index in [9.17, 15) is 4.79 Å². The molecule has 1 aliphatic rings. The number of carbonyl (C=O) groups is 1. The molecule has 0 bridgehead atoms. The van der Waals surface area contributed by atoms with Crippen molar-refractivity contribution in [2.24, 2.45) is 5.92 Å². The van der Waals surface area contributed by atoms with Crippen molar-refractivity contribution in [3.63, 3.8) is 0 Å². The van der Waals surface area contributed by atoms with Crippen LogP contribution in [0.25, 0.3) is 46.6 Å². The molecule has 0 amide bonds. The first-order chi connectivity index (χ1) is 15.6. The molecule has 3 aromatic rings. The summed E-state index contributed by atoms with van der Waals surface area (Å²) in [4.78, 5) is 22.4. The quantitative estimate of drug-likeness (QED) is 0.495. The van der Waals surface area contributed by atoms with Gasteiger partial charge in [0.1, 0.15) is 5.69 Å². The SMILES string of the molecule is C=C/C=c1/c(-c2c[nH]c(C(=O)OC)c2-c2c[nH]c3c2C=CC(C)C=C3)c[nH]/c1=C/C.CC. The summed E-state index contributed by atoms with van der Waals surface area (Å²) in [6.45, 7) is 12.0. The van der Waals surface area contributed by atoms with E-state index in [-0.39, 0.29) is 0 Å². The zero-order valence-electron chi connectivity index (χ0n) is 19.4. The fourth-order valence-electron chi connectivity index (χ4n) is 3.92. The van der Waals surface area contributed by atoms with Crippen molar-refractivity contribution in [1.29, 1.82) is 0 Å². The minimum absolute atomic E-state index is 0.338. The topological polar surface area (TPSA) is 73.7 Å². The Morgan fingerprint density at radius 1 is 1.03 bits per heavy atom. The van der Waals surface area contributed by atoms with Gasteiger partial charge in [0, 0.05) is 62.7 Å². The van der Waals surface area contributed by atoms with Crippen LogP contribution < -0.4 is 10.6 Å². The van der Waals surface area contributed by atoms with Crippen molar-refractivity contribution in [1.82, 2.24) is 15.0 Å². The van der Waals surface area contributed by atoms with Crippen LogP contribution in [0.3, 0.4) is 0 Å². The van der Waals surface area contributed by atoms with Crippen LogP contribution >= 0.6 is 0 Å². The molecule has 3 heterocycles. The molecule has 0 aromatic carbocycles. The first kappa shape index (κ1) is 22.9. The molecule has 166 valence electrons. The fraction of sp³-hybridized carbons (Fsp3) is 0.222. The van der Waals surface area contributed by atoms with E-state index in [4.69, 9.17) is 4.74 Å². The zero-order valence-corrected chi connectivity index (χ0v) is 19.4. The van der Waals surface area contributed by atoms with Crippen molar-refractivity contribution in [3.8, 4) is 22.3 Å². The van der Waals surface area contributed by atoms with E-state index in [0.717, 1.165) is 44.1 Å². The van der Waals surface area contributed by atoms with Crippen LogP contribution in [-0.4, -0.2) is 28.0 Å². The molecule has 4 rings (SSSR count). The summed E-state index contributed by atoms with van der Waals surface area (Å²) in [5.41, 5.74) is 6.16. The van der Waals surface area contributed by atoms with Crippen molar-refractivity contribution >= 4 is 30.3 Å². The normalized spacial score (nSPS) is 15.7. The van der Waals surface area contributed by atoms with Crippen LogP contribution in [0, 0.1) is 5.92 Å². The highest BCUT2D eigenvalue weighted by molar-refractivity contribution is 6.03. The number of ether oxygens (including phenoxy) is 1. The van der Waals surface area contributed by atoms with E-state index in [1.807, 2.05) is 51.5 Å². The number of aromatic nitrogens is 3. The minimum Gasteiger partial charge on any atom is -0.464 e. The molecule has 0 spiro atoms. The Labute approximate surface area is 188 Å². The zero-order chi connectivity index (χ0) is 23.3. The van der Waals surface area contributed by atoms with Crippen LogP contribution in [0.15, 0.2) is 43.4 Å². The second kappa shape index (κ2) is 10.1. The van der Waals surface area contributed by atoms with Gasteiger partial charge in [-0.3, -0.25) is 0 Å². The Bertz CT molecular complexity index is 1300. The van der Waals surface area contributed by atoms with E-state index < -0.39 is 5.97 Å². The maximum atomic E-state index is 12.6. The van der Waals surface area contributed by atoms with Gasteiger partial charge in [0.2, 0.25) is 0 Å². The van der Waals surface area contributed by atoms with Gasteiger partial charge in [-0.25, -0.2) is 4.79 Å². The summed E-state index contributed by atoms with van der Waals surface area (Å²) in [5, 5.41) is 2.02. The van der Waals surface area contributed by atoms with Crippen molar-refractivity contribution in [2.75, 3.05) is 7.11 Å². The maximum absolute atomic E-state index is 12.6. The van der Waals surface area contributed by atoms with Gasteiger partial charge in [-0.2, -0.15) is 0 Å². The Kier molecular flexibility index (Phi) is 7.21. The Hall–Kier alpha value is -3.73. The highest BCUT2D eigenvalue weighted by Crippen LogP contribution is 2.38. The molecular formula is C27H31N3O2. The van der Waals surface area contributed by atoms with Gasteiger partial charge in [-0.15, -0.1) is 0 Å². The van der Waals surface area contributed by atoms with E-state index in [1.165, 1.54) is 7.11 Å². The molecule has 0 aliphatic heterocycles. The maximum Gasteiger partial charge on any atom is 0.355 e. The van der Waals surface area contributed by atoms with Crippen molar-refractivity contribution in [3.05, 3.63) is 70.9 Å². The molecular weight excluding hydrogens is 398 g/mol. The third-order valence-electron chi connectivity index (χ3n) is 5.44. The molecule has 1 atom stereocenters. The Balaban J connectivity index is 0.00000141. The number of allylic oxidation sites excluding steroid dienone is 3. The van der Waals surface area contributed by atoms with Gasteiger partial charge in [-0.1, -0.05) is 63.8 Å². The lowest BCUT2D eigenvalue weighted by Gasteiger charge is -2.07. The van der Waals surface area contributed by atoms with Crippen molar-refractivity contribution in [2.45, 2.75) is 27.7 Å². The predicted molar refractivity (Wildman–Crippen MR) is 134 cm³/mol. The number of hydrogen-bond donors (Lipinski definition) is 3. The summed E-state index contributed by atoms with van der Waals surface area (Å²) in [5.74, 6) is -0.0645. The summed E-state index contributed by atoms with van der Waals surface area (Å²) in [6.07, 6.45) is 20.0. The van der Waals surface area contributed by atoms with Crippen LogP contribution in [0.2, 0.25) is 0 Å². The third kappa shape index (κ3) is 4.06. The average molecular weight is 430 g/mol. The molecule has 3 aromatic heterocycles.